The molecule has 0 spiro atoms. The molecular formula is C26H33F3O3. The van der Waals surface area contributed by atoms with E-state index in [0.717, 1.165) is 36.6 Å². The van der Waals surface area contributed by atoms with Gasteiger partial charge in [0.15, 0.2) is 5.41 Å². The number of esters is 1. The molecule has 0 amide bonds. The smallest absolute Gasteiger partial charge is 0.404 e. The first-order valence-corrected chi connectivity index (χ1v) is 11.3. The summed E-state index contributed by atoms with van der Waals surface area (Å²) in [5.74, 6) is -0.376. The largest absolute Gasteiger partial charge is 0.494 e. The van der Waals surface area contributed by atoms with Crippen LogP contribution in [0.2, 0.25) is 0 Å². The zero-order chi connectivity index (χ0) is 23.6. The van der Waals surface area contributed by atoms with Crippen LogP contribution in [0.4, 0.5) is 13.2 Å². The molecule has 1 unspecified atom stereocenters. The molecule has 1 atom stereocenters. The lowest BCUT2D eigenvalue weighted by molar-refractivity contribution is -0.226. The molecule has 0 N–H and O–H groups in total. The summed E-state index contributed by atoms with van der Waals surface area (Å²) in [5, 5.41) is 0. The van der Waals surface area contributed by atoms with E-state index in [-0.39, 0.29) is 12.2 Å². The van der Waals surface area contributed by atoms with Gasteiger partial charge in [-0.25, -0.2) is 0 Å². The van der Waals surface area contributed by atoms with Gasteiger partial charge in [-0.05, 0) is 55.2 Å². The third kappa shape index (κ3) is 7.01. The molecule has 0 saturated carbocycles. The monoisotopic (exact) mass is 450 g/mol. The Kier molecular flexibility index (Phi) is 9.60. The Labute approximate surface area is 188 Å². The number of hydrogen-bond acceptors (Lipinski definition) is 3. The molecule has 0 aromatic heterocycles. The Balaban J connectivity index is 1.99. The topological polar surface area (TPSA) is 35.5 Å². The van der Waals surface area contributed by atoms with Gasteiger partial charge in [0.05, 0.1) is 6.61 Å². The summed E-state index contributed by atoms with van der Waals surface area (Å²) in [4.78, 5) is 12.4. The average Bonchev–Trinajstić information content (AvgIpc) is 2.77. The van der Waals surface area contributed by atoms with Crippen molar-refractivity contribution in [2.75, 3.05) is 6.61 Å². The minimum atomic E-state index is -4.67. The molecule has 6 heteroatoms. The van der Waals surface area contributed by atoms with Crippen molar-refractivity contribution in [1.29, 1.82) is 0 Å². The number of unbranched alkanes of at least 4 members (excludes halogenated alkanes) is 4. The van der Waals surface area contributed by atoms with Crippen molar-refractivity contribution < 1.29 is 27.4 Å². The first-order chi connectivity index (χ1) is 15.2. The number of ether oxygens (including phenoxy) is 2. The molecule has 0 aliphatic carbocycles. The molecule has 0 aliphatic rings. The van der Waals surface area contributed by atoms with E-state index in [4.69, 9.17) is 9.47 Å². The number of hydrogen-bond donors (Lipinski definition) is 0. The number of halogens is 3. The van der Waals surface area contributed by atoms with Crippen LogP contribution in [0.25, 0.3) is 11.1 Å². The summed E-state index contributed by atoms with van der Waals surface area (Å²) < 4.78 is 51.4. The highest BCUT2D eigenvalue weighted by Gasteiger charge is 2.57. The summed E-state index contributed by atoms with van der Waals surface area (Å²) in [6.07, 6.45) is 0.484. The van der Waals surface area contributed by atoms with Crippen LogP contribution < -0.4 is 9.47 Å². The quantitative estimate of drug-likeness (QED) is 0.187. The van der Waals surface area contributed by atoms with Crippen LogP contribution in [0.15, 0.2) is 48.5 Å². The van der Waals surface area contributed by atoms with Crippen molar-refractivity contribution in [3.8, 4) is 22.6 Å². The summed E-state index contributed by atoms with van der Waals surface area (Å²) in [6, 6.07) is 14.1. The van der Waals surface area contributed by atoms with E-state index in [1.165, 1.54) is 25.0 Å². The van der Waals surface area contributed by atoms with Gasteiger partial charge in [-0.3, -0.25) is 4.79 Å². The fourth-order valence-corrected chi connectivity index (χ4v) is 3.29. The number of carbonyl (C=O) groups is 1. The normalized spacial score (nSPS) is 13.4. The molecule has 176 valence electrons. The van der Waals surface area contributed by atoms with Crippen LogP contribution in [0.5, 0.6) is 11.5 Å². The van der Waals surface area contributed by atoms with Gasteiger partial charge in [0.2, 0.25) is 0 Å². The molecule has 0 radical (unpaired) electrons. The van der Waals surface area contributed by atoms with Crippen LogP contribution in [-0.2, 0) is 4.79 Å². The van der Waals surface area contributed by atoms with Crippen LogP contribution in [0.3, 0.4) is 0 Å². The Hall–Kier alpha value is -2.50. The van der Waals surface area contributed by atoms with Crippen molar-refractivity contribution in [2.45, 2.75) is 71.9 Å². The van der Waals surface area contributed by atoms with Gasteiger partial charge in [0, 0.05) is 0 Å². The highest BCUT2D eigenvalue weighted by atomic mass is 19.4. The molecule has 2 rings (SSSR count). The maximum absolute atomic E-state index is 13.5. The molecule has 2 aromatic rings. The maximum atomic E-state index is 13.5. The molecule has 0 fully saturated rings. The zero-order valence-electron chi connectivity index (χ0n) is 19.1. The second-order valence-electron chi connectivity index (χ2n) is 8.28. The van der Waals surface area contributed by atoms with Gasteiger partial charge in [0.25, 0.3) is 0 Å². The van der Waals surface area contributed by atoms with Gasteiger partial charge in [-0.1, -0.05) is 70.2 Å². The Morgan fingerprint density at radius 1 is 0.781 bits per heavy atom. The van der Waals surface area contributed by atoms with Crippen LogP contribution in [0.1, 0.15) is 65.7 Å². The maximum Gasteiger partial charge on any atom is 0.404 e. The highest BCUT2D eigenvalue weighted by molar-refractivity contribution is 5.80. The number of rotatable bonds is 12. The lowest BCUT2D eigenvalue weighted by Crippen LogP contribution is -2.44. The lowest BCUT2D eigenvalue weighted by atomic mass is 9.84. The fraction of sp³-hybridized carbons (Fsp3) is 0.500. The molecule has 0 heterocycles. The predicted molar refractivity (Wildman–Crippen MR) is 121 cm³/mol. The zero-order valence-corrected chi connectivity index (χ0v) is 19.1. The summed E-state index contributed by atoms with van der Waals surface area (Å²) >= 11 is 0. The fourth-order valence-electron chi connectivity index (χ4n) is 3.29. The van der Waals surface area contributed by atoms with Gasteiger partial charge in [-0.15, -0.1) is 0 Å². The van der Waals surface area contributed by atoms with Crippen molar-refractivity contribution in [3.05, 3.63) is 48.5 Å². The summed E-state index contributed by atoms with van der Waals surface area (Å²) in [7, 11) is 0. The Morgan fingerprint density at radius 2 is 1.31 bits per heavy atom. The molecule has 32 heavy (non-hydrogen) atoms. The van der Waals surface area contributed by atoms with Gasteiger partial charge >= 0.3 is 12.1 Å². The minimum absolute atomic E-state index is 0.0951. The highest BCUT2D eigenvalue weighted by Crippen LogP contribution is 2.43. The minimum Gasteiger partial charge on any atom is -0.494 e. The van der Waals surface area contributed by atoms with Crippen molar-refractivity contribution in [1.82, 2.24) is 0 Å². The second-order valence-corrected chi connectivity index (χ2v) is 8.28. The van der Waals surface area contributed by atoms with Gasteiger partial charge < -0.3 is 9.47 Å². The van der Waals surface area contributed by atoms with E-state index in [2.05, 4.69) is 6.92 Å². The van der Waals surface area contributed by atoms with Gasteiger partial charge in [-0.2, -0.15) is 13.2 Å². The van der Waals surface area contributed by atoms with Crippen LogP contribution in [-0.4, -0.2) is 18.8 Å². The van der Waals surface area contributed by atoms with Crippen molar-refractivity contribution in [2.24, 2.45) is 5.41 Å². The molecule has 0 saturated heterocycles. The van der Waals surface area contributed by atoms with Crippen molar-refractivity contribution in [3.63, 3.8) is 0 Å². The van der Waals surface area contributed by atoms with Crippen LogP contribution in [0, 0.1) is 5.41 Å². The van der Waals surface area contributed by atoms with Crippen LogP contribution >= 0.6 is 0 Å². The average molecular weight is 451 g/mol. The number of carbonyl (C=O) groups excluding carboxylic acids is 1. The van der Waals surface area contributed by atoms with E-state index in [9.17, 15) is 18.0 Å². The first-order valence-electron chi connectivity index (χ1n) is 11.3. The standard InChI is InChI=1S/C26H33F3O3/c1-4-6-8-9-19-31-22-14-10-20(11-15-22)21-12-16-23(17-13-21)32-24(30)25(3,18-7-5-2)26(27,28)29/h10-17H,4-9,18-19H2,1-3H3. The third-order valence-electron chi connectivity index (χ3n) is 5.63. The molecule has 0 aliphatic heterocycles. The summed E-state index contributed by atoms with van der Waals surface area (Å²) in [6.45, 7) is 5.55. The summed E-state index contributed by atoms with van der Waals surface area (Å²) in [5.41, 5.74) is -0.721. The lowest BCUT2D eigenvalue weighted by Gasteiger charge is -2.29. The van der Waals surface area contributed by atoms with Gasteiger partial charge in [0.1, 0.15) is 11.5 Å². The molecule has 2 aromatic carbocycles. The van der Waals surface area contributed by atoms with Crippen molar-refractivity contribution >= 4 is 5.97 Å². The van der Waals surface area contributed by atoms with E-state index in [1.807, 2.05) is 24.3 Å². The first kappa shape index (κ1) is 25.8. The second kappa shape index (κ2) is 11.9. The number of alkyl halides is 3. The molecule has 0 bridgehead atoms. The number of benzene rings is 2. The predicted octanol–water partition coefficient (Wildman–Crippen LogP) is 7.98. The van der Waals surface area contributed by atoms with E-state index < -0.39 is 17.6 Å². The third-order valence-corrected chi connectivity index (χ3v) is 5.63. The Morgan fingerprint density at radius 3 is 1.81 bits per heavy atom. The molecular weight excluding hydrogens is 417 g/mol. The molecule has 3 nitrogen and oxygen atoms in total. The van der Waals surface area contributed by atoms with E-state index in [1.54, 1.807) is 19.1 Å². The van der Waals surface area contributed by atoms with E-state index >= 15 is 0 Å². The Bertz CT molecular complexity index is 829. The van der Waals surface area contributed by atoms with E-state index in [0.29, 0.717) is 19.4 Å². The SMILES string of the molecule is CCCCCCOc1ccc(-c2ccc(OC(=O)C(C)(CCCC)C(F)(F)F)cc2)cc1.